The number of nitrogens with zero attached hydrogens (tertiary/aromatic N) is 1. The molecule has 3 heteroatoms. The molecule has 0 radical (unpaired) electrons. The van der Waals surface area contributed by atoms with Gasteiger partial charge in [0, 0.05) is 20.2 Å². The average Bonchev–Trinajstić information content (AvgIpc) is 2.18. The van der Waals surface area contributed by atoms with Crippen molar-refractivity contribution in [1.29, 1.82) is 0 Å². The molecular formula is C11H16FNO. The predicted molar refractivity (Wildman–Crippen MR) is 55.9 cm³/mol. The Morgan fingerprint density at radius 1 is 1.43 bits per heavy atom. The van der Waals surface area contributed by atoms with Gasteiger partial charge < -0.3 is 10.0 Å². The van der Waals surface area contributed by atoms with Crippen LogP contribution in [0.5, 0.6) is 0 Å². The number of benzene rings is 1. The van der Waals surface area contributed by atoms with Crippen LogP contribution in [0.15, 0.2) is 24.3 Å². The summed E-state index contributed by atoms with van der Waals surface area (Å²) in [5.74, 6) is -0.0697. The molecule has 1 rings (SSSR count). The molecule has 0 saturated carbocycles. The number of hydrogen-bond donors (Lipinski definition) is 1. The van der Waals surface area contributed by atoms with Crippen LogP contribution < -0.4 is 4.90 Å². The number of halogens is 1. The van der Waals surface area contributed by atoms with Gasteiger partial charge in [-0.2, -0.15) is 0 Å². The summed E-state index contributed by atoms with van der Waals surface area (Å²) in [6.07, 6.45) is 0. The van der Waals surface area contributed by atoms with Crippen molar-refractivity contribution in [2.24, 2.45) is 5.92 Å². The van der Waals surface area contributed by atoms with Crippen LogP contribution in [-0.4, -0.2) is 25.3 Å². The van der Waals surface area contributed by atoms with E-state index in [1.54, 1.807) is 18.2 Å². The van der Waals surface area contributed by atoms with Gasteiger partial charge in [0.2, 0.25) is 0 Å². The van der Waals surface area contributed by atoms with Gasteiger partial charge in [0.05, 0.1) is 5.69 Å². The highest BCUT2D eigenvalue weighted by atomic mass is 19.1. The molecule has 0 aliphatic rings. The van der Waals surface area contributed by atoms with Gasteiger partial charge in [-0.25, -0.2) is 4.39 Å². The van der Waals surface area contributed by atoms with E-state index in [2.05, 4.69) is 0 Å². The first-order valence-corrected chi connectivity index (χ1v) is 4.71. The summed E-state index contributed by atoms with van der Waals surface area (Å²) in [5, 5.41) is 8.88. The maximum absolute atomic E-state index is 13.3. The Morgan fingerprint density at radius 3 is 2.64 bits per heavy atom. The van der Waals surface area contributed by atoms with E-state index in [0.717, 1.165) is 0 Å². The summed E-state index contributed by atoms with van der Waals surface area (Å²) < 4.78 is 13.3. The quantitative estimate of drug-likeness (QED) is 0.796. The van der Waals surface area contributed by atoms with E-state index in [4.69, 9.17) is 5.11 Å². The van der Waals surface area contributed by atoms with Gasteiger partial charge in [-0.15, -0.1) is 0 Å². The minimum absolute atomic E-state index is 0.124. The first-order chi connectivity index (χ1) is 6.65. The summed E-state index contributed by atoms with van der Waals surface area (Å²) in [4.78, 5) is 1.82. The lowest BCUT2D eigenvalue weighted by molar-refractivity contribution is 0.240. The highest BCUT2D eigenvalue weighted by Gasteiger charge is 2.09. The fourth-order valence-electron chi connectivity index (χ4n) is 1.38. The van der Waals surface area contributed by atoms with Gasteiger partial charge in [0.1, 0.15) is 5.82 Å². The Labute approximate surface area is 84.0 Å². The first-order valence-electron chi connectivity index (χ1n) is 4.71. The number of anilines is 1. The second kappa shape index (κ2) is 4.96. The van der Waals surface area contributed by atoms with E-state index in [-0.39, 0.29) is 18.3 Å². The summed E-state index contributed by atoms with van der Waals surface area (Å²) in [6.45, 7) is 2.70. The molecule has 0 spiro atoms. The standard InChI is InChI=1S/C11H16FNO/c1-9(8-14)7-13(2)11-6-4-3-5-10(11)12/h3-6,9,14H,7-8H2,1-2H3. The highest BCUT2D eigenvalue weighted by Crippen LogP contribution is 2.17. The van der Waals surface area contributed by atoms with Crippen molar-refractivity contribution in [3.8, 4) is 0 Å². The molecule has 0 fully saturated rings. The van der Waals surface area contributed by atoms with E-state index >= 15 is 0 Å². The minimum atomic E-state index is -0.222. The van der Waals surface area contributed by atoms with Gasteiger partial charge in [-0.3, -0.25) is 0 Å². The Morgan fingerprint density at radius 2 is 2.07 bits per heavy atom. The Kier molecular flexibility index (Phi) is 3.89. The molecule has 14 heavy (non-hydrogen) atoms. The maximum atomic E-state index is 13.3. The van der Waals surface area contributed by atoms with Gasteiger partial charge >= 0.3 is 0 Å². The van der Waals surface area contributed by atoms with Crippen LogP contribution in [0.1, 0.15) is 6.92 Å². The van der Waals surface area contributed by atoms with Crippen LogP contribution in [0.25, 0.3) is 0 Å². The molecule has 78 valence electrons. The molecule has 0 aliphatic carbocycles. The van der Waals surface area contributed by atoms with E-state index < -0.39 is 0 Å². The van der Waals surface area contributed by atoms with E-state index in [1.165, 1.54) is 6.07 Å². The van der Waals surface area contributed by atoms with E-state index in [9.17, 15) is 4.39 Å². The number of hydrogen-bond acceptors (Lipinski definition) is 2. The molecule has 0 bridgehead atoms. The molecule has 0 aliphatic heterocycles. The third-order valence-electron chi connectivity index (χ3n) is 2.16. The first kappa shape index (κ1) is 11.0. The van der Waals surface area contributed by atoms with Gasteiger partial charge in [0.25, 0.3) is 0 Å². The molecule has 0 aromatic heterocycles. The Bertz CT molecular complexity index is 290. The molecule has 1 aromatic rings. The average molecular weight is 197 g/mol. The normalized spacial score (nSPS) is 12.6. The highest BCUT2D eigenvalue weighted by molar-refractivity contribution is 5.46. The topological polar surface area (TPSA) is 23.5 Å². The van der Waals surface area contributed by atoms with E-state index in [0.29, 0.717) is 12.2 Å². The van der Waals surface area contributed by atoms with Crippen molar-refractivity contribution in [3.05, 3.63) is 30.1 Å². The van der Waals surface area contributed by atoms with Crippen LogP contribution in [0.3, 0.4) is 0 Å². The van der Waals surface area contributed by atoms with Gasteiger partial charge in [-0.05, 0) is 18.1 Å². The van der Waals surface area contributed by atoms with Crippen LogP contribution in [0.4, 0.5) is 10.1 Å². The summed E-state index contributed by atoms with van der Waals surface area (Å²) in [5.41, 5.74) is 0.577. The van der Waals surface area contributed by atoms with Gasteiger partial charge in [0.15, 0.2) is 0 Å². The number of para-hydroxylation sites is 1. The van der Waals surface area contributed by atoms with Crippen LogP contribution >= 0.6 is 0 Å². The smallest absolute Gasteiger partial charge is 0.146 e. The molecule has 2 nitrogen and oxygen atoms in total. The molecule has 1 unspecified atom stereocenters. The minimum Gasteiger partial charge on any atom is -0.396 e. The summed E-state index contributed by atoms with van der Waals surface area (Å²) in [6, 6.07) is 6.65. The fraction of sp³-hybridized carbons (Fsp3) is 0.455. The molecule has 0 heterocycles. The molecule has 0 saturated heterocycles. The predicted octanol–water partition coefficient (Wildman–Crippen LogP) is 1.89. The van der Waals surface area contributed by atoms with Crippen LogP contribution in [-0.2, 0) is 0 Å². The zero-order valence-electron chi connectivity index (χ0n) is 8.57. The zero-order valence-corrected chi connectivity index (χ0v) is 8.57. The van der Waals surface area contributed by atoms with Crippen LogP contribution in [0.2, 0.25) is 0 Å². The molecule has 0 amide bonds. The lowest BCUT2D eigenvalue weighted by atomic mass is 10.2. The van der Waals surface area contributed by atoms with Crippen molar-refractivity contribution in [2.75, 3.05) is 25.1 Å². The summed E-state index contributed by atoms with van der Waals surface area (Å²) in [7, 11) is 1.82. The van der Waals surface area contributed by atoms with E-state index in [1.807, 2.05) is 18.9 Å². The maximum Gasteiger partial charge on any atom is 0.146 e. The summed E-state index contributed by atoms with van der Waals surface area (Å²) >= 11 is 0. The van der Waals surface area contributed by atoms with Crippen molar-refractivity contribution >= 4 is 5.69 Å². The molecule has 1 atom stereocenters. The SMILES string of the molecule is CC(CO)CN(C)c1ccccc1F. The largest absolute Gasteiger partial charge is 0.396 e. The van der Waals surface area contributed by atoms with Crippen molar-refractivity contribution in [3.63, 3.8) is 0 Å². The van der Waals surface area contributed by atoms with Crippen LogP contribution in [0, 0.1) is 11.7 Å². The Hall–Kier alpha value is -1.09. The van der Waals surface area contributed by atoms with Crippen molar-refractivity contribution in [1.82, 2.24) is 0 Å². The lowest BCUT2D eigenvalue weighted by Crippen LogP contribution is -2.26. The fourth-order valence-corrected chi connectivity index (χ4v) is 1.38. The Balaban J connectivity index is 2.69. The van der Waals surface area contributed by atoms with Crippen molar-refractivity contribution < 1.29 is 9.50 Å². The number of aliphatic hydroxyl groups is 1. The number of aliphatic hydroxyl groups excluding tert-OH is 1. The second-order valence-corrected chi connectivity index (χ2v) is 3.62. The molecular weight excluding hydrogens is 181 g/mol. The number of rotatable bonds is 4. The lowest BCUT2D eigenvalue weighted by Gasteiger charge is -2.22. The molecule has 1 N–H and O–H groups in total. The third-order valence-corrected chi connectivity index (χ3v) is 2.16. The monoisotopic (exact) mass is 197 g/mol. The molecule has 1 aromatic carbocycles. The second-order valence-electron chi connectivity index (χ2n) is 3.62. The zero-order chi connectivity index (χ0) is 10.6. The van der Waals surface area contributed by atoms with Crippen molar-refractivity contribution in [2.45, 2.75) is 6.92 Å². The van der Waals surface area contributed by atoms with Gasteiger partial charge in [-0.1, -0.05) is 19.1 Å². The third kappa shape index (κ3) is 2.70.